The number of rotatable bonds is 2. The van der Waals surface area contributed by atoms with Gasteiger partial charge in [0.15, 0.2) is 0 Å². The van der Waals surface area contributed by atoms with Crippen molar-refractivity contribution < 1.29 is 4.79 Å². The van der Waals surface area contributed by atoms with E-state index in [1.54, 1.807) is 0 Å². The Kier molecular flexibility index (Phi) is 4.17. The van der Waals surface area contributed by atoms with Crippen molar-refractivity contribution in [2.24, 2.45) is 17.1 Å². The van der Waals surface area contributed by atoms with Crippen LogP contribution in [0.5, 0.6) is 0 Å². The SMILES string of the molecule is CC1CC(C(=O)N2CCSC(C)(C)CC2)(C(N)=S)C1. The molecule has 1 aliphatic carbocycles. The number of amides is 1. The van der Waals surface area contributed by atoms with Crippen molar-refractivity contribution >= 4 is 34.9 Å². The maximum absolute atomic E-state index is 12.8. The van der Waals surface area contributed by atoms with E-state index >= 15 is 0 Å². The van der Waals surface area contributed by atoms with Crippen LogP contribution in [0.15, 0.2) is 0 Å². The molecule has 0 aromatic rings. The first-order chi connectivity index (χ1) is 8.77. The Bertz CT molecular complexity index is 389. The number of thiocarbonyl (C=S) groups is 1. The highest BCUT2D eigenvalue weighted by molar-refractivity contribution is 8.00. The highest BCUT2D eigenvalue weighted by Crippen LogP contribution is 2.47. The maximum Gasteiger partial charge on any atom is 0.235 e. The molecule has 1 aliphatic heterocycles. The quantitative estimate of drug-likeness (QED) is 0.796. The van der Waals surface area contributed by atoms with Gasteiger partial charge in [0.1, 0.15) is 0 Å². The van der Waals surface area contributed by atoms with E-state index in [0.29, 0.717) is 10.9 Å². The highest BCUT2D eigenvalue weighted by Gasteiger charge is 2.52. The van der Waals surface area contributed by atoms with Crippen molar-refractivity contribution in [3.63, 3.8) is 0 Å². The average Bonchev–Trinajstić information content (AvgIpc) is 2.44. The molecule has 1 saturated carbocycles. The van der Waals surface area contributed by atoms with Crippen LogP contribution in [-0.2, 0) is 4.79 Å². The summed E-state index contributed by atoms with van der Waals surface area (Å²) in [4.78, 5) is 15.2. The maximum atomic E-state index is 12.8. The smallest absolute Gasteiger partial charge is 0.235 e. The van der Waals surface area contributed by atoms with E-state index < -0.39 is 5.41 Å². The molecule has 0 atom stereocenters. The largest absolute Gasteiger partial charge is 0.392 e. The van der Waals surface area contributed by atoms with Crippen molar-refractivity contribution in [1.82, 2.24) is 4.90 Å². The topological polar surface area (TPSA) is 46.3 Å². The summed E-state index contributed by atoms with van der Waals surface area (Å²) >= 11 is 7.13. The molecule has 5 heteroatoms. The van der Waals surface area contributed by atoms with Gasteiger partial charge in [0.2, 0.25) is 5.91 Å². The van der Waals surface area contributed by atoms with Gasteiger partial charge in [-0.2, -0.15) is 11.8 Å². The van der Waals surface area contributed by atoms with Crippen molar-refractivity contribution in [2.75, 3.05) is 18.8 Å². The summed E-state index contributed by atoms with van der Waals surface area (Å²) in [6, 6.07) is 0. The van der Waals surface area contributed by atoms with E-state index in [0.717, 1.165) is 38.1 Å². The van der Waals surface area contributed by atoms with Crippen LogP contribution in [0.25, 0.3) is 0 Å². The Balaban J connectivity index is 2.09. The van der Waals surface area contributed by atoms with Crippen molar-refractivity contribution in [3.05, 3.63) is 0 Å². The normalized spacial score (nSPS) is 34.3. The molecule has 108 valence electrons. The molecule has 1 amide bonds. The lowest BCUT2D eigenvalue weighted by molar-refractivity contribution is -0.143. The summed E-state index contributed by atoms with van der Waals surface area (Å²) in [6.45, 7) is 8.31. The van der Waals surface area contributed by atoms with Crippen molar-refractivity contribution in [1.29, 1.82) is 0 Å². The second kappa shape index (κ2) is 5.24. The molecule has 0 bridgehead atoms. The lowest BCUT2D eigenvalue weighted by Crippen LogP contribution is -2.57. The fourth-order valence-electron chi connectivity index (χ4n) is 3.14. The number of hydrogen-bond donors (Lipinski definition) is 1. The van der Waals surface area contributed by atoms with E-state index in [1.807, 2.05) is 16.7 Å². The molecule has 19 heavy (non-hydrogen) atoms. The van der Waals surface area contributed by atoms with Gasteiger partial charge in [0.05, 0.1) is 10.4 Å². The van der Waals surface area contributed by atoms with Crippen LogP contribution in [0.3, 0.4) is 0 Å². The highest BCUT2D eigenvalue weighted by atomic mass is 32.2. The second-order valence-electron chi connectivity index (χ2n) is 6.61. The number of nitrogens with two attached hydrogens (primary N) is 1. The van der Waals surface area contributed by atoms with Crippen molar-refractivity contribution in [2.45, 2.75) is 44.8 Å². The van der Waals surface area contributed by atoms with E-state index in [4.69, 9.17) is 18.0 Å². The van der Waals surface area contributed by atoms with E-state index in [2.05, 4.69) is 20.8 Å². The molecule has 0 aromatic heterocycles. The van der Waals surface area contributed by atoms with Gasteiger partial charge in [-0.25, -0.2) is 0 Å². The Morgan fingerprint density at radius 2 is 2.00 bits per heavy atom. The van der Waals surface area contributed by atoms with E-state index in [-0.39, 0.29) is 10.7 Å². The van der Waals surface area contributed by atoms with Gasteiger partial charge >= 0.3 is 0 Å². The van der Waals surface area contributed by atoms with Gasteiger partial charge < -0.3 is 10.6 Å². The summed E-state index contributed by atoms with van der Waals surface area (Å²) < 4.78 is 0.262. The molecule has 0 aromatic carbocycles. The van der Waals surface area contributed by atoms with Crippen LogP contribution in [0.4, 0.5) is 0 Å². The Labute approximate surface area is 125 Å². The van der Waals surface area contributed by atoms with Gasteiger partial charge in [-0.3, -0.25) is 4.79 Å². The average molecular weight is 300 g/mol. The predicted molar refractivity (Wildman–Crippen MR) is 85.4 cm³/mol. The molecule has 2 aliphatic rings. The zero-order valence-corrected chi connectivity index (χ0v) is 13.7. The van der Waals surface area contributed by atoms with Crippen LogP contribution in [-0.4, -0.2) is 39.4 Å². The number of carbonyl (C=O) groups excluding carboxylic acids is 1. The fourth-order valence-corrected chi connectivity index (χ4v) is 4.49. The van der Waals surface area contributed by atoms with E-state index in [9.17, 15) is 4.79 Å². The number of carbonyl (C=O) groups is 1. The van der Waals surface area contributed by atoms with Crippen LogP contribution in [0.2, 0.25) is 0 Å². The minimum atomic E-state index is -0.534. The Hall–Kier alpha value is -0.290. The van der Waals surface area contributed by atoms with Crippen molar-refractivity contribution in [3.8, 4) is 0 Å². The van der Waals surface area contributed by atoms with Crippen LogP contribution < -0.4 is 5.73 Å². The minimum Gasteiger partial charge on any atom is -0.392 e. The van der Waals surface area contributed by atoms with Gasteiger partial charge in [-0.05, 0) is 25.2 Å². The van der Waals surface area contributed by atoms with Crippen LogP contribution in [0, 0.1) is 11.3 Å². The summed E-state index contributed by atoms with van der Waals surface area (Å²) in [7, 11) is 0. The molecule has 0 radical (unpaired) electrons. The molecule has 3 nitrogen and oxygen atoms in total. The van der Waals surface area contributed by atoms with Crippen LogP contribution in [0.1, 0.15) is 40.0 Å². The zero-order valence-electron chi connectivity index (χ0n) is 12.1. The minimum absolute atomic E-state index is 0.177. The monoisotopic (exact) mass is 300 g/mol. The Morgan fingerprint density at radius 1 is 1.37 bits per heavy atom. The molecule has 2 N–H and O–H groups in total. The molecule has 0 unspecified atom stereocenters. The number of hydrogen-bond acceptors (Lipinski definition) is 3. The third-order valence-electron chi connectivity index (χ3n) is 4.40. The van der Waals surface area contributed by atoms with Crippen LogP contribution >= 0.6 is 24.0 Å². The standard InChI is InChI=1S/C14H24N2OS2/c1-10-8-14(9-10,11(15)18)12(17)16-5-4-13(2,3)19-7-6-16/h10H,4-9H2,1-3H3,(H2,15,18). The first-order valence-electron chi connectivity index (χ1n) is 7.00. The molecule has 0 spiro atoms. The molecule has 1 heterocycles. The summed E-state index contributed by atoms with van der Waals surface area (Å²) in [5.41, 5.74) is 5.34. The molecular formula is C14H24N2OS2. The number of thioether (sulfide) groups is 1. The van der Waals surface area contributed by atoms with Gasteiger partial charge in [-0.1, -0.05) is 33.0 Å². The lowest BCUT2D eigenvalue weighted by atomic mass is 9.61. The first kappa shape index (κ1) is 15.1. The van der Waals surface area contributed by atoms with E-state index in [1.165, 1.54) is 0 Å². The summed E-state index contributed by atoms with van der Waals surface area (Å²) in [6.07, 6.45) is 2.69. The molecule has 2 rings (SSSR count). The zero-order chi connectivity index (χ0) is 14.3. The molecule has 1 saturated heterocycles. The van der Waals surface area contributed by atoms with Gasteiger partial charge in [0, 0.05) is 23.6 Å². The Morgan fingerprint density at radius 3 is 2.53 bits per heavy atom. The van der Waals surface area contributed by atoms with Gasteiger partial charge in [-0.15, -0.1) is 0 Å². The first-order valence-corrected chi connectivity index (χ1v) is 8.39. The predicted octanol–water partition coefficient (Wildman–Crippen LogP) is 2.43. The van der Waals surface area contributed by atoms with Gasteiger partial charge in [0.25, 0.3) is 0 Å². The third kappa shape index (κ3) is 2.92. The number of nitrogens with zero attached hydrogens (tertiary/aromatic N) is 1. The molecule has 2 fully saturated rings. The fraction of sp³-hybridized carbons (Fsp3) is 0.857. The molecular weight excluding hydrogens is 276 g/mol. The summed E-state index contributed by atoms with van der Waals surface area (Å²) in [5, 5.41) is 0. The second-order valence-corrected chi connectivity index (χ2v) is 8.85. The summed E-state index contributed by atoms with van der Waals surface area (Å²) in [5.74, 6) is 1.74. The lowest BCUT2D eigenvalue weighted by Gasteiger charge is -2.46. The third-order valence-corrected chi connectivity index (χ3v) is 6.16.